The minimum absolute atomic E-state index is 0.0806. The van der Waals surface area contributed by atoms with E-state index in [1.165, 1.54) is 23.5 Å². The average molecular weight is 564 g/mol. The van der Waals surface area contributed by atoms with Crippen LogP contribution >= 0.6 is 11.3 Å². The molecule has 0 bridgehead atoms. The summed E-state index contributed by atoms with van der Waals surface area (Å²) in [6.07, 6.45) is 1.66. The van der Waals surface area contributed by atoms with Crippen molar-refractivity contribution >= 4 is 38.1 Å². The molecule has 0 aliphatic heterocycles. The number of nitrogens with zero attached hydrogens (tertiary/aromatic N) is 1. The fourth-order valence-corrected chi connectivity index (χ4v) is 8.71. The van der Waals surface area contributed by atoms with Crippen LogP contribution in [0.25, 0.3) is 0 Å². The van der Waals surface area contributed by atoms with Gasteiger partial charge in [0.1, 0.15) is 5.75 Å². The van der Waals surface area contributed by atoms with Gasteiger partial charge in [0.2, 0.25) is 11.8 Å². The molecule has 0 spiro atoms. The van der Waals surface area contributed by atoms with Crippen LogP contribution in [0.15, 0.2) is 35.2 Å². The molecular weight excluding hydrogens is 526 g/mol. The molecule has 208 valence electrons. The van der Waals surface area contributed by atoms with Gasteiger partial charge in [-0.25, -0.2) is 13.4 Å². The Hall–Kier alpha value is -2.34. The van der Waals surface area contributed by atoms with Gasteiger partial charge in [-0.2, -0.15) is 0 Å². The summed E-state index contributed by atoms with van der Waals surface area (Å²) in [5.74, 6) is -2.06. The standard InChI is InChI=1S/C27H37N3O6S2/c1-16(25(33)28-12-13-36-4)19-10-11-27(3)14-20-23(17(2)22(27)24(19)32)30-26(37-20)29-21(31)15-38(34,35)18-8-6-5-7-9-18/h5-9,16-17,19,22,24,32H,10-15H2,1-4H3,(H,28,33)(H,29,30,31)/t16-,17-,19-,22+,24-,27-/m0/s1. The van der Waals surface area contributed by atoms with E-state index in [-0.39, 0.29) is 39.9 Å². The molecule has 11 heteroatoms. The maximum Gasteiger partial charge on any atom is 0.241 e. The lowest BCUT2D eigenvalue weighted by Gasteiger charge is -2.53. The molecule has 0 radical (unpaired) electrons. The molecule has 1 aromatic carbocycles. The van der Waals surface area contributed by atoms with E-state index >= 15 is 0 Å². The second-order valence-corrected chi connectivity index (χ2v) is 13.9. The number of carbonyl (C=O) groups excluding carboxylic acids is 2. The largest absolute Gasteiger partial charge is 0.392 e. The van der Waals surface area contributed by atoms with E-state index in [0.29, 0.717) is 24.7 Å². The third-order valence-electron chi connectivity index (χ3n) is 8.25. The Labute approximate surface area is 228 Å². The van der Waals surface area contributed by atoms with E-state index in [1.54, 1.807) is 25.3 Å². The molecule has 1 aromatic heterocycles. The maximum atomic E-state index is 12.7. The van der Waals surface area contributed by atoms with Gasteiger partial charge >= 0.3 is 0 Å². The van der Waals surface area contributed by atoms with Crippen molar-refractivity contribution in [3.63, 3.8) is 0 Å². The van der Waals surface area contributed by atoms with Crippen molar-refractivity contribution in [2.75, 3.05) is 31.3 Å². The molecule has 0 unspecified atom stereocenters. The maximum absolute atomic E-state index is 12.7. The highest BCUT2D eigenvalue weighted by Crippen LogP contribution is 2.57. The number of sulfone groups is 1. The number of aromatic nitrogens is 1. The van der Waals surface area contributed by atoms with Crippen molar-refractivity contribution in [2.45, 2.75) is 57.0 Å². The molecule has 3 N–H and O–H groups in total. The minimum atomic E-state index is -3.76. The molecule has 1 heterocycles. The SMILES string of the molecule is COCCNC(=O)[C@@H](C)[C@@H]1CC[C@@]2(C)Cc3sc(NC(=O)CS(=O)(=O)c4ccccc4)nc3[C@@H](C)[C@@H]2[C@H]1O. The molecule has 1 fully saturated rings. The Balaban J connectivity index is 1.47. The van der Waals surface area contributed by atoms with Gasteiger partial charge in [0, 0.05) is 30.4 Å². The number of nitrogens with one attached hydrogen (secondary N) is 2. The Morgan fingerprint density at radius 1 is 1.29 bits per heavy atom. The van der Waals surface area contributed by atoms with Crippen LogP contribution in [0, 0.1) is 23.2 Å². The fourth-order valence-electron chi connectivity index (χ4n) is 6.27. The zero-order chi connectivity index (χ0) is 27.7. The number of aliphatic hydroxyl groups excluding tert-OH is 1. The second-order valence-electron chi connectivity index (χ2n) is 10.9. The normalized spacial score (nSPS) is 27.6. The number of ether oxygens (including phenoxy) is 1. The van der Waals surface area contributed by atoms with Gasteiger partial charge in [0.25, 0.3) is 0 Å². The van der Waals surface area contributed by atoms with Crippen LogP contribution in [-0.4, -0.2) is 62.4 Å². The highest BCUT2D eigenvalue weighted by molar-refractivity contribution is 7.92. The van der Waals surface area contributed by atoms with Gasteiger partial charge in [-0.05, 0) is 48.6 Å². The van der Waals surface area contributed by atoms with Gasteiger partial charge in [0.15, 0.2) is 15.0 Å². The van der Waals surface area contributed by atoms with E-state index in [0.717, 1.165) is 23.4 Å². The van der Waals surface area contributed by atoms with Crippen molar-refractivity contribution < 1.29 is 27.9 Å². The molecule has 2 aliphatic rings. The molecule has 2 aliphatic carbocycles. The van der Waals surface area contributed by atoms with E-state index in [4.69, 9.17) is 4.74 Å². The smallest absolute Gasteiger partial charge is 0.241 e. The summed E-state index contributed by atoms with van der Waals surface area (Å²) in [7, 11) is -2.18. The van der Waals surface area contributed by atoms with Crippen molar-refractivity contribution in [3.05, 3.63) is 40.9 Å². The van der Waals surface area contributed by atoms with E-state index in [9.17, 15) is 23.1 Å². The Morgan fingerprint density at radius 2 is 2.00 bits per heavy atom. The van der Waals surface area contributed by atoms with Crippen molar-refractivity contribution in [2.24, 2.45) is 23.2 Å². The Bertz CT molecular complexity index is 1260. The topological polar surface area (TPSA) is 135 Å². The quantitative estimate of drug-likeness (QED) is 0.399. The molecule has 9 nitrogen and oxygen atoms in total. The molecule has 6 atom stereocenters. The number of fused-ring (bicyclic) bond motifs is 2. The van der Waals surface area contributed by atoms with Crippen molar-refractivity contribution in [1.82, 2.24) is 10.3 Å². The lowest BCUT2D eigenvalue weighted by molar-refractivity contribution is -0.135. The highest BCUT2D eigenvalue weighted by atomic mass is 32.2. The van der Waals surface area contributed by atoms with Gasteiger partial charge in [-0.15, -0.1) is 11.3 Å². The lowest BCUT2D eigenvalue weighted by Crippen LogP contribution is -2.53. The molecular formula is C27H37N3O6S2. The summed E-state index contributed by atoms with van der Waals surface area (Å²) < 4.78 is 30.2. The van der Waals surface area contributed by atoms with Crippen LogP contribution in [0.3, 0.4) is 0 Å². The summed E-state index contributed by atoms with van der Waals surface area (Å²) >= 11 is 1.37. The molecule has 2 aromatic rings. The number of carbonyl (C=O) groups is 2. The number of methoxy groups -OCH3 is 1. The number of benzene rings is 1. The Kier molecular flexibility index (Phi) is 8.61. The molecule has 1 saturated carbocycles. The fraction of sp³-hybridized carbons (Fsp3) is 0.593. The average Bonchev–Trinajstić information content (AvgIpc) is 3.25. The van der Waals surface area contributed by atoms with Crippen LogP contribution in [0.2, 0.25) is 0 Å². The van der Waals surface area contributed by atoms with Gasteiger partial charge < -0.3 is 20.5 Å². The van der Waals surface area contributed by atoms with Crippen molar-refractivity contribution in [3.8, 4) is 0 Å². The predicted octanol–water partition coefficient (Wildman–Crippen LogP) is 3.01. The van der Waals surface area contributed by atoms with Crippen LogP contribution in [0.5, 0.6) is 0 Å². The minimum Gasteiger partial charge on any atom is -0.392 e. The zero-order valence-corrected chi connectivity index (χ0v) is 23.9. The number of aliphatic hydroxyl groups is 1. The van der Waals surface area contributed by atoms with Crippen LogP contribution in [0.4, 0.5) is 5.13 Å². The first-order valence-electron chi connectivity index (χ1n) is 13.0. The summed E-state index contributed by atoms with van der Waals surface area (Å²) in [6.45, 7) is 6.97. The second kappa shape index (κ2) is 11.4. The third-order valence-corrected chi connectivity index (χ3v) is 10.9. The highest BCUT2D eigenvalue weighted by Gasteiger charge is 2.53. The summed E-state index contributed by atoms with van der Waals surface area (Å²) in [5, 5.41) is 17.5. The molecule has 4 rings (SSSR count). The summed E-state index contributed by atoms with van der Waals surface area (Å²) in [5.41, 5.74) is 0.662. The predicted molar refractivity (Wildman–Crippen MR) is 146 cm³/mol. The van der Waals surface area contributed by atoms with Crippen molar-refractivity contribution in [1.29, 1.82) is 0 Å². The lowest BCUT2D eigenvalue weighted by atomic mass is 9.53. The molecule has 2 amide bonds. The van der Waals surface area contributed by atoms with Gasteiger partial charge in [-0.1, -0.05) is 39.0 Å². The molecule has 38 heavy (non-hydrogen) atoms. The molecule has 0 saturated heterocycles. The number of hydrogen-bond donors (Lipinski definition) is 3. The van der Waals surface area contributed by atoms with Crippen LogP contribution < -0.4 is 10.6 Å². The monoisotopic (exact) mass is 563 g/mol. The first-order valence-corrected chi connectivity index (χ1v) is 15.5. The van der Waals surface area contributed by atoms with Gasteiger partial charge in [-0.3, -0.25) is 9.59 Å². The first kappa shape index (κ1) is 28.7. The first-order chi connectivity index (χ1) is 18.0. The third kappa shape index (κ3) is 5.80. The van der Waals surface area contributed by atoms with Crippen LogP contribution in [-0.2, 0) is 30.6 Å². The number of thiazole rings is 1. The Morgan fingerprint density at radius 3 is 2.68 bits per heavy atom. The number of amides is 2. The van der Waals surface area contributed by atoms with E-state index < -0.39 is 27.6 Å². The number of rotatable bonds is 9. The van der Waals surface area contributed by atoms with Gasteiger partial charge in [0.05, 0.1) is 23.3 Å². The zero-order valence-electron chi connectivity index (χ0n) is 22.3. The van der Waals surface area contributed by atoms with E-state index in [1.807, 2.05) is 13.8 Å². The van der Waals surface area contributed by atoms with Crippen LogP contribution in [0.1, 0.15) is 50.1 Å². The summed E-state index contributed by atoms with van der Waals surface area (Å²) in [4.78, 5) is 31.2. The number of hydrogen-bond acceptors (Lipinski definition) is 8. The summed E-state index contributed by atoms with van der Waals surface area (Å²) in [6, 6.07) is 7.90. The van der Waals surface area contributed by atoms with E-state index in [2.05, 4.69) is 22.5 Å². The number of anilines is 1.